The first-order valence-corrected chi connectivity index (χ1v) is 4.10. The van der Waals surface area contributed by atoms with Crippen LogP contribution in [0.1, 0.15) is 25.0 Å². The molecule has 2 heteroatoms. The highest BCUT2D eigenvalue weighted by atomic mass is 16.3. The summed E-state index contributed by atoms with van der Waals surface area (Å²) in [6.45, 7) is 7.59. The van der Waals surface area contributed by atoms with Gasteiger partial charge in [0.1, 0.15) is 11.5 Å². The number of phenols is 2. The molecule has 0 atom stereocenters. The van der Waals surface area contributed by atoms with Gasteiger partial charge in [-0.05, 0) is 31.0 Å². The summed E-state index contributed by atoms with van der Waals surface area (Å²) in [5, 5.41) is 18.1. The molecule has 0 heterocycles. The SMILES string of the molecule is CC.Cc1cc(C)c(O)cc1O. The zero-order chi connectivity index (χ0) is 9.72. The monoisotopic (exact) mass is 168 g/mol. The summed E-state index contributed by atoms with van der Waals surface area (Å²) in [4.78, 5) is 0. The van der Waals surface area contributed by atoms with Gasteiger partial charge >= 0.3 is 0 Å². The van der Waals surface area contributed by atoms with Crippen LogP contribution in [0.4, 0.5) is 0 Å². The van der Waals surface area contributed by atoms with Gasteiger partial charge in [0.15, 0.2) is 0 Å². The van der Waals surface area contributed by atoms with E-state index in [0.29, 0.717) is 0 Å². The lowest BCUT2D eigenvalue weighted by molar-refractivity contribution is 0.445. The Morgan fingerprint density at radius 3 is 1.42 bits per heavy atom. The molecule has 1 aromatic carbocycles. The maximum absolute atomic E-state index is 9.06. The van der Waals surface area contributed by atoms with E-state index in [0.717, 1.165) is 11.1 Å². The normalized spacial score (nSPS) is 8.67. The van der Waals surface area contributed by atoms with Crippen LogP contribution in [-0.2, 0) is 0 Å². The van der Waals surface area contributed by atoms with E-state index >= 15 is 0 Å². The van der Waals surface area contributed by atoms with Gasteiger partial charge in [0.05, 0.1) is 0 Å². The molecule has 68 valence electrons. The Bertz CT molecular complexity index is 204. The molecule has 0 aliphatic carbocycles. The van der Waals surface area contributed by atoms with Gasteiger partial charge in [-0.1, -0.05) is 13.8 Å². The summed E-state index contributed by atoms with van der Waals surface area (Å²) in [5.74, 6) is 0.284. The van der Waals surface area contributed by atoms with E-state index in [1.807, 2.05) is 13.8 Å². The summed E-state index contributed by atoms with van der Waals surface area (Å²) >= 11 is 0. The van der Waals surface area contributed by atoms with Crippen molar-refractivity contribution in [3.63, 3.8) is 0 Å². The first-order chi connectivity index (χ1) is 5.61. The van der Waals surface area contributed by atoms with Crippen LogP contribution in [0.3, 0.4) is 0 Å². The fourth-order valence-corrected chi connectivity index (χ4v) is 0.830. The van der Waals surface area contributed by atoms with Crippen LogP contribution < -0.4 is 0 Å². The van der Waals surface area contributed by atoms with Crippen molar-refractivity contribution in [2.45, 2.75) is 27.7 Å². The third-order valence-electron chi connectivity index (χ3n) is 1.51. The number of phenolic OH excluding ortho intramolecular Hbond substituents is 2. The topological polar surface area (TPSA) is 40.5 Å². The fraction of sp³-hybridized carbons (Fsp3) is 0.400. The van der Waals surface area contributed by atoms with E-state index in [4.69, 9.17) is 10.2 Å². The molecule has 0 amide bonds. The molecule has 2 N–H and O–H groups in total. The largest absolute Gasteiger partial charge is 0.508 e. The molecule has 0 fully saturated rings. The zero-order valence-corrected chi connectivity index (χ0v) is 8.05. The lowest BCUT2D eigenvalue weighted by Gasteiger charge is -2.01. The smallest absolute Gasteiger partial charge is 0.122 e. The van der Waals surface area contributed by atoms with Crippen molar-refractivity contribution >= 4 is 0 Å². The number of aryl methyl sites for hydroxylation is 2. The molecular formula is C10H16O2. The number of aromatic hydroxyl groups is 2. The van der Waals surface area contributed by atoms with Crippen molar-refractivity contribution in [1.82, 2.24) is 0 Å². The predicted molar refractivity (Wildman–Crippen MR) is 50.6 cm³/mol. The molecule has 0 aliphatic heterocycles. The molecule has 0 saturated carbocycles. The maximum Gasteiger partial charge on any atom is 0.122 e. The molecule has 0 spiro atoms. The van der Waals surface area contributed by atoms with Crippen molar-refractivity contribution in [3.8, 4) is 11.5 Å². The first-order valence-electron chi connectivity index (χ1n) is 4.10. The van der Waals surface area contributed by atoms with E-state index in [9.17, 15) is 0 Å². The summed E-state index contributed by atoms with van der Waals surface area (Å²) in [6, 6.07) is 3.09. The molecule has 0 aromatic heterocycles. The van der Waals surface area contributed by atoms with Gasteiger partial charge in [-0.3, -0.25) is 0 Å². The van der Waals surface area contributed by atoms with Gasteiger partial charge in [0, 0.05) is 6.07 Å². The van der Waals surface area contributed by atoms with Crippen molar-refractivity contribution < 1.29 is 10.2 Å². The summed E-state index contributed by atoms with van der Waals surface area (Å²) in [6.07, 6.45) is 0. The standard InChI is InChI=1S/C8H10O2.C2H6/c1-5-3-6(2)8(10)4-7(5)9;1-2/h3-4,9-10H,1-2H3;1-2H3. The molecule has 2 nitrogen and oxygen atoms in total. The average Bonchev–Trinajstić information content (AvgIpc) is 2.05. The minimum Gasteiger partial charge on any atom is -0.508 e. The van der Waals surface area contributed by atoms with Gasteiger partial charge in [-0.25, -0.2) is 0 Å². The van der Waals surface area contributed by atoms with Crippen LogP contribution >= 0.6 is 0 Å². The lowest BCUT2D eigenvalue weighted by Crippen LogP contribution is -1.78. The second-order valence-corrected chi connectivity index (χ2v) is 2.43. The lowest BCUT2D eigenvalue weighted by atomic mass is 10.1. The molecule has 0 saturated heterocycles. The van der Waals surface area contributed by atoms with Crippen molar-refractivity contribution in [2.24, 2.45) is 0 Å². The fourth-order valence-electron chi connectivity index (χ4n) is 0.830. The third-order valence-corrected chi connectivity index (χ3v) is 1.51. The summed E-state index contributed by atoms with van der Waals surface area (Å²) < 4.78 is 0. The minimum absolute atomic E-state index is 0.142. The second-order valence-electron chi connectivity index (χ2n) is 2.43. The number of hydrogen-bond acceptors (Lipinski definition) is 2. The highest BCUT2D eigenvalue weighted by molar-refractivity contribution is 5.43. The second kappa shape index (κ2) is 4.65. The van der Waals surface area contributed by atoms with E-state index in [1.165, 1.54) is 6.07 Å². The number of hydrogen-bond donors (Lipinski definition) is 2. The molecule has 0 radical (unpaired) electrons. The van der Waals surface area contributed by atoms with E-state index in [1.54, 1.807) is 19.9 Å². The van der Waals surface area contributed by atoms with Gasteiger partial charge in [0.25, 0.3) is 0 Å². The van der Waals surface area contributed by atoms with Crippen LogP contribution in [0.25, 0.3) is 0 Å². The van der Waals surface area contributed by atoms with E-state index < -0.39 is 0 Å². The van der Waals surface area contributed by atoms with Crippen molar-refractivity contribution in [3.05, 3.63) is 23.3 Å². The molecular weight excluding hydrogens is 152 g/mol. The Hall–Kier alpha value is -1.18. The Morgan fingerprint density at radius 2 is 1.17 bits per heavy atom. The highest BCUT2D eigenvalue weighted by Gasteiger charge is 1.99. The van der Waals surface area contributed by atoms with Crippen LogP contribution in [0.2, 0.25) is 0 Å². The predicted octanol–water partition coefficient (Wildman–Crippen LogP) is 2.74. The number of rotatable bonds is 0. The zero-order valence-electron chi connectivity index (χ0n) is 8.05. The van der Waals surface area contributed by atoms with Crippen molar-refractivity contribution in [1.29, 1.82) is 0 Å². The quantitative estimate of drug-likeness (QED) is 0.625. The van der Waals surface area contributed by atoms with Crippen LogP contribution in [0, 0.1) is 13.8 Å². The Labute approximate surface area is 73.5 Å². The van der Waals surface area contributed by atoms with E-state index in [-0.39, 0.29) is 11.5 Å². The van der Waals surface area contributed by atoms with Crippen LogP contribution in [0.15, 0.2) is 12.1 Å². The van der Waals surface area contributed by atoms with E-state index in [2.05, 4.69) is 0 Å². The number of benzene rings is 1. The average molecular weight is 168 g/mol. The molecule has 1 aromatic rings. The van der Waals surface area contributed by atoms with Gasteiger partial charge < -0.3 is 10.2 Å². The Balaban J connectivity index is 0.000000561. The molecule has 12 heavy (non-hydrogen) atoms. The molecule has 0 unspecified atom stereocenters. The van der Waals surface area contributed by atoms with Gasteiger partial charge in [0.2, 0.25) is 0 Å². The Kier molecular flexibility index (Phi) is 4.19. The summed E-state index contributed by atoms with van der Waals surface area (Å²) in [7, 11) is 0. The van der Waals surface area contributed by atoms with Crippen LogP contribution in [0.5, 0.6) is 11.5 Å². The van der Waals surface area contributed by atoms with Gasteiger partial charge in [-0.2, -0.15) is 0 Å². The Morgan fingerprint density at radius 1 is 0.833 bits per heavy atom. The van der Waals surface area contributed by atoms with Crippen LogP contribution in [-0.4, -0.2) is 10.2 Å². The maximum atomic E-state index is 9.06. The minimum atomic E-state index is 0.142. The third kappa shape index (κ3) is 2.46. The first kappa shape index (κ1) is 10.8. The van der Waals surface area contributed by atoms with Gasteiger partial charge in [-0.15, -0.1) is 0 Å². The summed E-state index contributed by atoms with van der Waals surface area (Å²) in [5.41, 5.74) is 1.57. The highest BCUT2D eigenvalue weighted by Crippen LogP contribution is 2.25. The molecule has 1 rings (SSSR count). The molecule has 0 bridgehead atoms. The van der Waals surface area contributed by atoms with Crippen molar-refractivity contribution in [2.75, 3.05) is 0 Å². The molecule has 0 aliphatic rings.